The van der Waals surface area contributed by atoms with Gasteiger partial charge in [0.25, 0.3) is 0 Å². The largest absolute Gasteiger partial charge is 0.444 e. The maximum absolute atomic E-state index is 12.0. The van der Waals surface area contributed by atoms with Crippen LogP contribution >= 0.6 is 11.3 Å². The van der Waals surface area contributed by atoms with Crippen molar-refractivity contribution in [2.45, 2.75) is 70.7 Å². The van der Waals surface area contributed by atoms with Crippen molar-refractivity contribution in [3.05, 3.63) is 22.4 Å². The highest BCUT2D eigenvalue weighted by Crippen LogP contribution is 2.19. The van der Waals surface area contributed by atoms with Crippen LogP contribution in [0.25, 0.3) is 0 Å². The van der Waals surface area contributed by atoms with Crippen molar-refractivity contribution in [3.63, 3.8) is 0 Å². The molecule has 0 radical (unpaired) electrons. The zero-order chi connectivity index (χ0) is 22.1. The lowest BCUT2D eigenvalue weighted by Crippen LogP contribution is -2.48. The Morgan fingerprint density at radius 2 is 1.80 bits per heavy atom. The number of nitrogens with one attached hydrogen (secondary N) is 3. The summed E-state index contributed by atoms with van der Waals surface area (Å²) in [6.45, 7) is 6.34. The summed E-state index contributed by atoms with van der Waals surface area (Å²) in [6, 6.07) is 4.44. The molecule has 0 atom stereocenters. The molecule has 1 aromatic rings. The zero-order valence-electron chi connectivity index (χ0n) is 18.7. The van der Waals surface area contributed by atoms with E-state index in [1.165, 1.54) is 9.78 Å². The summed E-state index contributed by atoms with van der Waals surface area (Å²) in [5, 5.41) is 11.8. The summed E-state index contributed by atoms with van der Waals surface area (Å²) in [5.41, 5.74) is -0.494. The van der Waals surface area contributed by atoms with Crippen molar-refractivity contribution in [2.24, 2.45) is 4.99 Å². The van der Waals surface area contributed by atoms with Crippen molar-refractivity contribution < 1.29 is 14.3 Å². The third-order valence-corrected chi connectivity index (χ3v) is 5.55. The average molecular weight is 438 g/mol. The predicted molar refractivity (Wildman–Crippen MR) is 121 cm³/mol. The van der Waals surface area contributed by atoms with Crippen LogP contribution in [0.2, 0.25) is 0 Å². The Kier molecular flexibility index (Phi) is 8.95. The highest BCUT2D eigenvalue weighted by molar-refractivity contribution is 7.09. The van der Waals surface area contributed by atoms with E-state index in [-0.39, 0.29) is 30.6 Å². The quantitative estimate of drug-likeness (QED) is 0.470. The van der Waals surface area contributed by atoms with Gasteiger partial charge < -0.3 is 25.6 Å². The molecule has 1 aromatic heterocycles. The Labute approximate surface area is 183 Å². The number of likely N-dealkylation sites (N-methyl/N-ethyl adjacent to an activating group) is 1. The van der Waals surface area contributed by atoms with Gasteiger partial charge in [0.2, 0.25) is 5.91 Å². The van der Waals surface area contributed by atoms with Crippen LogP contribution in [0.15, 0.2) is 22.5 Å². The summed E-state index contributed by atoms with van der Waals surface area (Å²) in [5.74, 6) is 0.597. The lowest BCUT2D eigenvalue weighted by molar-refractivity contribution is -0.127. The molecule has 1 aliphatic carbocycles. The number of thiophene rings is 1. The van der Waals surface area contributed by atoms with Gasteiger partial charge in [0.05, 0.1) is 6.54 Å². The number of guanidine groups is 1. The highest BCUT2D eigenvalue weighted by atomic mass is 32.1. The second-order valence-corrected chi connectivity index (χ2v) is 9.76. The molecule has 0 spiro atoms. The first-order valence-electron chi connectivity index (χ1n) is 10.4. The van der Waals surface area contributed by atoms with Gasteiger partial charge in [-0.25, -0.2) is 9.79 Å². The Balaban J connectivity index is 1.85. The summed E-state index contributed by atoms with van der Waals surface area (Å²) in [4.78, 5) is 31.1. The second kappa shape index (κ2) is 11.2. The number of amides is 2. The van der Waals surface area contributed by atoms with Gasteiger partial charge >= 0.3 is 6.09 Å². The number of rotatable bonds is 6. The number of nitrogens with zero attached hydrogens (tertiary/aromatic N) is 2. The maximum Gasteiger partial charge on any atom is 0.407 e. The van der Waals surface area contributed by atoms with E-state index in [1.54, 1.807) is 25.4 Å². The number of hydrogen-bond acceptors (Lipinski definition) is 5. The van der Waals surface area contributed by atoms with E-state index in [4.69, 9.17) is 4.74 Å². The van der Waals surface area contributed by atoms with Gasteiger partial charge in [0.15, 0.2) is 5.96 Å². The molecule has 1 aliphatic rings. The molecule has 1 fully saturated rings. The topological polar surface area (TPSA) is 95.1 Å². The van der Waals surface area contributed by atoms with Gasteiger partial charge in [-0.1, -0.05) is 6.07 Å². The minimum absolute atomic E-state index is 0.0440. The molecule has 9 heteroatoms. The number of hydrogen-bond donors (Lipinski definition) is 3. The summed E-state index contributed by atoms with van der Waals surface area (Å²) >= 11 is 1.68. The molecule has 0 saturated heterocycles. The fourth-order valence-electron chi connectivity index (χ4n) is 3.07. The molecule has 1 heterocycles. The first-order valence-corrected chi connectivity index (χ1v) is 11.3. The van der Waals surface area contributed by atoms with Crippen molar-refractivity contribution in [1.29, 1.82) is 0 Å². The van der Waals surface area contributed by atoms with E-state index < -0.39 is 5.60 Å². The van der Waals surface area contributed by atoms with Gasteiger partial charge in [-0.15, -0.1) is 11.3 Å². The van der Waals surface area contributed by atoms with E-state index >= 15 is 0 Å². The molecule has 168 valence electrons. The fraction of sp³-hybridized carbons (Fsp3) is 0.667. The van der Waals surface area contributed by atoms with E-state index in [0.29, 0.717) is 12.5 Å². The highest BCUT2D eigenvalue weighted by Gasteiger charge is 2.25. The SMILES string of the molecule is CN(C)C(=O)CN=C(NCc1cccs1)NC1CCC(NC(=O)OC(C)(C)C)CC1. The maximum atomic E-state index is 12.0. The minimum atomic E-state index is -0.494. The van der Waals surface area contributed by atoms with Crippen LogP contribution in [-0.4, -0.2) is 61.2 Å². The van der Waals surface area contributed by atoms with Gasteiger partial charge in [-0.3, -0.25) is 4.79 Å². The van der Waals surface area contributed by atoms with Crippen molar-refractivity contribution in [3.8, 4) is 0 Å². The predicted octanol–water partition coefficient (Wildman–Crippen LogP) is 2.71. The summed E-state index contributed by atoms with van der Waals surface area (Å²) < 4.78 is 5.34. The summed E-state index contributed by atoms with van der Waals surface area (Å²) in [6.07, 6.45) is 3.18. The lowest BCUT2D eigenvalue weighted by Gasteiger charge is -2.31. The van der Waals surface area contributed by atoms with Crippen molar-refractivity contribution >= 4 is 29.3 Å². The van der Waals surface area contributed by atoms with Gasteiger partial charge in [0, 0.05) is 31.1 Å². The fourth-order valence-corrected chi connectivity index (χ4v) is 3.72. The molecule has 30 heavy (non-hydrogen) atoms. The average Bonchev–Trinajstić information content (AvgIpc) is 3.17. The van der Waals surface area contributed by atoms with Crippen LogP contribution in [0, 0.1) is 0 Å². The normalized spacial score (nSPS) is 19.7. The first-order chi connectivity index (χ1) is 14.1. The first kappa shape index (κ1) is 24.0. The van der Waals surface area contributed by atoms with Crippen LogP contribution in [-0.2, 0) is 16.1 Å². The zero-order valence-corrected chi connectivity index (χ0v) is 19.5. The number of carbonyl (C=O) groups excluding carboxylic acids is 2. The smallest absolute Gasteiger partial charge is 0.407 e. The van der Waals surface area contributed by atoms with Crippen molar-refractivity contribution in [2.75, 3.05) is 20.6 Å². The number of ether oxygens (including phenoxy) is 1. The molecule has 2 amide bonds. The minimum Gasteiger partial charge on any atom is -0.444 e. The third kappa shape index (κ3) is 9.02. The summed E-state index contributed by atoms with van der Waals surface area (Å²) in [7, 11) is 3.45. The van der Waals surface area contributed by atoms with E-state index in [9.17, 15) is 9.59 Å². The molecule has 0 aromatic carbocycles. The molecule has 2 rings (SSSR count). The second-order valence-electron chi connectivity index (χ2n) is 8.73. The van der Waals surface area contributed by atoms with Crippen LogP contribution < -0.4 is 16.0 Å². The number of aliphatic imine (C=N–C) groups is 1. The van der Waals surface area contributed by atoms with E-state index in [1.807, 2.05) is 32.2 Å². The van der Waals surface area contributed by atoms with Crippen LogP contribution in [0.5, 0.6) is 0 Å². The molecule has 3 N–H and O–H groups in total. The molecule has 0 bridgehead atoms. The molecular weight excluding hydrogens is 402 g/mol. The van der Waals surface area contributed by atoms with Gasteiger partial charge in [0.1, 0.15) is 12.1 Å². The number of carbonyl (C=O) groups is 2. The molecule has 8 nitrogen and oxygen atoms in total. The van der Waals surface area contributed by atoms with E-state index in [0.717, 1.165) is 25.7 Å². The Bertz CT molecular complexity index is 705. The standard InChI is InChI=1S/C21H35N5O3S/c1-21(2,3)29-20(28)25-16-10-8-15(9-11-16)24-19(23-14-18(27)26(4)5)22-13-17-7-6-12-30-17/h6-7,12,15-16H,8-11,13-14H2,1-5H3,(H,25,28)(H2,22,23,24). The van der Waals surface area contributed by atoms with Gasteiger partial charge in [-0.2, -0.15) is 0 Å². The molecule has 0 aliphatic heterocycles. The monoisotopic (exact) mass is 437 g/mol. The van der Waals surface area contributed by atoms with Gasteiger partial charge in [-0.05, 0) is 57.9 Å². The van der Waals surface area contributed by atoms with Crippen LogP contribution in [0.1, 0.15) is 51.3 Å². The van der Waals surface area contributed by atoms with Crippen LogP contribution in [0.3, 0.4) is 0 Å². The van der Waals surface area contributed by atoms with E-state index in [2.05, 4.69) is 27.0 Å². The third-order valence-electron chi connectivity index (χ3n) is 4.67. The Morgan fingerprint density at radius 3 is 2.33 bits per heavy atom. The van der Waals surface area contributed by atoms with Crippen molar-refractivity contribution in [1.82, 2.24) is 20.9 Å². The molecule has 0 unspecified atom stereocenters. The lowest BCUT2D eigenvalue weighted by atomic mass is 9.91. The van der Waals surface area contributed by atoms with Crippen LogP contribution in [0.4, 0.5) is 4.79 Å². The number of alkyl carbamates (subject to hydrolysis) is 1. The Morgan fingerprint density at radius 1 is 1.17 bits per heavy atom. The molecule has 1 saturated carbocycles. The molecular formula is C21H35N5O3S. The Hall–Kier alpha value is -2.29.